The van der Waals surface area contributed by atoms with Gasteiger partial charge in [0.2, 0.25) is 0 Å². The van der Waals surface area contributed by atoms with Gasteiger partial charge in [-0.05, 0) is 50.8 Å². The number of fused-ring (bicyclic) bond motifs is 2. The van der Waals surface area contributed by atoms with Crippen molar-refractivity contribution in [3.63, 3.8) is 0 Å². The van der Waals surface area contributed by atoms with Crippen LogP contribution in [0.3, 0.4) is 0 Å². The summed E-state index contributed by atoms with van der Waals surface area (Å²) in [4.78, 5) is 0.0580. The molecular formula is C15H17FO4S. The van der Waals surface area contributed by atoms with Gasteiger partial charge in [-0.1, -0.05) is 17.7 Å². The minimum absolute atomic E-state index is 0.0580. The van der Waals surface area contributed by atoms with E-state index in [1.165, 1.54) is 12.1 Å². The molecule has 0 radical (unpaired) electrons. The standard InChI is InChI=1S/C15H17FO4S/c1-11-2-4-12(5-3-11)21(18,19)20-14-6-8-15(17,9-7-14)13(16)10-14/h2-5,10,17H,6-9H2,1H3. The van der Waals surface area contributed by atoms with Gasteiger partial charge in [-0.2, -0.15) is 8.42 Å². The van der Waals surface area contributed by atoms with Crippen LogP contribution in [-0.2, 0) is 14.3 Å². The molecule has 0 saturated heterocycles. The molecule has 0 aromatic heterocycles. The highest BCUT2D eigenvalue weighted by Gasteiger charge is 2.51. The molecule has 3 aliphatic carbocycles. The summed E-state index contributed by atoms with van der Waals surface area (Å²) in [6.07, 6.45) is 2.08. The molecule has 1 aromatic carbocycles. The summed E-state index contributed by atoms with van der Waals surface area (Å²) in [7, 11) is -3.96. The maximum atomic E-state index is 13.9. The van der Waals surface area contributed by atoms with E-state index in [2.05, 4.69) is 0 Å². The van der Waals surface area contributed by atoms with Crippen LogP contribution in [0.4, 0.5) is 4.39 Å². The zero-order chi connectivity index (χ0) is 15.3. The zero-order valence-corrected chi connectivity index (χ0v) is 12.5. The van der Waals surface area contributed by atoms with Crippen molar-refractivity contribution in [2.24, 2.45) is 0 Å². The first kappa shape index (κ1) is 14.7. The van der Waals surface area contributed by atoms with E-state index in [0.717, 1.165) is 11.6 Å². The number of benzene rings is 1. The smallest absolute Gasteiger partial charge is 0.297 e. The van der Waals surface area contributed by atoms with Gasteiger partial charge in [0, 0.05) is 0 Å². The number of aryl methyl sites for hydroxylation is 1. The second-order valence-electron chi connectivity index (χ2n) is 5.94. The predicted octanol–water partition coefficient (Wildman–Crippen LogP) is 2.61. The van der Waals surface area contributed by atoms with E-state index >= 15 is 0 Å². The van der Waals surface area contributed by atoms with Crippen molar-refractivity contribution >= 4 is 10.1 Å². The highest BCUT2D eigenvalue weighted by molar-refractivity contribution is 7.86. The first-order valence-corrected chi connectivity index (χ1v) is 8.29. The highest BCUT2D eigenvalue weighted by atomic mass is 32.2. The normalized spacial score (nSPS) is 32.0. The summed E-state index contributed by atoms with van der Waals surface area (Å²) in [6, 6.07) is 6.32. The van der Waals surface area contributed by atoms with E-state index in [0.29, 0.717) is 12.8 Å². The van der Waals surface area contributed by atoms with Crippen LogP contribution in [0.25, 0.3) is 0 Å². The summed E-state index contributed by atoms with van der Waals surface area (Å²) in [6.45, 7) is 1.86. The van der Waals surface area contributed by atoms with Crippen molar-refractivity contribution in [2.45, 2.75) is 48.7 Å². The minimum atomic E-state index is -3.96. The molecule has 2 bridgehead atoms. The second kappa shape index (κ2) is 4.63. The van der Waals surface area contributed by atoms with E-state index in [1.54, 1.807) is 12.1 Å². The van der Waals surface area contributed by atoms with Crippen molar-refractivity contribution < 1.29 is 22.1 Å². The van der Waals surface area contributed by atoms with E-state index in [4.69, 9.17) is 4.18 Å². The Morgan fingerprint density at radius 3 is 2.24 bits per heavy atom. The van der Waals surface area contributed by atoms with Gasteiger partial charge in [-0.15, -0.1) is 0 Å². The summed E-state index contributed by atoms with van der Waals surface area (Å²) >= 11 is 0. The van der Waals surface area contributed by atoms with Crippen LogP contribution in [0.15, 0.2) is 41.1 Å². The Labute approximate surface area is 123 Å². The molecule has 4 nitrogen and oxygen atoms in total. The first-order valence-electron chi connectivity index (χ1n) is 6.88. The fraction of sp³-hybridized carbons (Fsp3) is 0.467. The summed E-state index contributed by atoms with van der Waals surface area (Å²) in [5, 5.41) is 10.00. The van der Waals surface area contributed by atoms with Gasteiger partial charge < -0.3 is 5.11 Å². The van der Waals surface area contributed by atoms with Gasteiger partial charge in [0.1, 0.15) is 17.0 Å². The molecule has 1 N–H and O–H groups in total. The zero-order valence-electron chi connectivity index (χ0n) is 11.7. The van der Waals surface area contributed by atoms with Gasteiger partial charge >= 0.3 is 0 Å². The van der Waals surface area contributed by atoms with E-state index in [9.17, 15) is 17.9 Å². The maximum Gasteiger partial charge on any atom is 0.297 e. The topological polar surface area (TPSA) is 63.6 Å². The van der Waals surface area contributed by atoms with Crippen molar-refractivity contribution in [3.05, 3.63) is 41.7 Å². The van der Waals surface area contributed by atoms with E-state index < -0.39 is 27.1 Å². The lowest BCUT2D eigenvalue weighted by Crippen LogP contribution is -2.50. The number of rotatable bonds is 3. The van der Waals surface area contributed by atoms with Gasteiger partial charge in [0.05, 0.1) is 4.90 Å². The Morgan fingerprint density at radius 1 is 1.14 bits per heavy atom. The molecule has 0 unspecified atom stereocenters. The van der Waals surface area contributed by atoms with Crippen LogP contribution in [-0.4, -0.2) is 24.7 Å². The third-order valence-electron chi connectivity index (χ3n) is 4.34. The maximum absolute atomic E-state index is 13.9. The van der Waals surface area contributed by atoms with Crippen LogP contribution < -0.4 is 0 Å². The monoisotopic (exact) mass is 312 g/mol. The molecule has 0 atom stereocenters. The molecule has 114 valence electrons. The molecule has 4 rings (SSSR count). The predicted molar refractivity (Wildman–Crippen MR) is 74.8 cm³/mol. The van der Waals surface area contributed by atoms with Gasteiger partial charge in [-0.25, -0.2) is 4.39 Å². The van der Waals surface area contributed by atoms with Gasteiger partial charge in [0.15, 0.2) is 0 Å². The van der Waals surface area contributed by atoms with Crippen molar-refractivity contribution in [2.75, 3.05) is 0 Å². The number of hydrogen-bond donors (Lipinski definition) is 1. The third-order valence-corrected chi connectivity index (χ3v) is 5.74. The second-order valence-corrected chi connectivity index (χ2v) is 7.49. The van der Waals surface area contributed by atoms with Crippen molar-refractivity contribution in [3.8, 4) is 0 Å². The highest BCUT2D eigenvalue weighted by Crippen LogP contribution is 2.49. The molecule has 1 saturated carbocycles. The molecule has 0 aliphatic heterocycles. The number of hydrogen-bond acceptors (Lipinski definition) is 4. The van der Waals surface area contributed by atoms with E-state index in [-0.39, 0.29) is 17.7 Å². The average molecular weight is 312 g/mol. The number of halogens is 1. The van der Waals surface area contributed by atoms with Crippen LogP contribution in [0.5, 0.6) is 0 Å². The molecule has 6 heteroatoms. The lowest BCUT2D eigenvalue weighted by molar-refractivity contribution is -0.0582. The minimum Gasteiger partial charge on any atom is -0.383 e. The van der Waals surface area contributed by atoms with E-state index in [1.807, 2.05) is 6.92 Å². The molecule has 0 amide bonds. The summed E-state index contributed by atoms with van der Waals surface area (Å²) in [5.41, 5.74) is -1.66. The largest absolute Gasteiger partial charge is 0.383 e. The quantitative estimate of drug-likeness (QED) is 0.872. The van der Waals surface area contributed by atoms with Crippen LogP contribution in [0.2, 0.25) is 0 Å². The SMILES string of the molecule is Cc1ccc(S(=O)(=O)OC23C=C(F)C(O)(CC2)CC3)cc1. The first-order chi connectivity index (χ1) is 9.75. The third kappa shape index (κ3) is 2.52. The summed E-state index contributed by atoms with van der Waals surface area (Å²) in [5.74, 6) is -0.681. The molecule has 21 heavy (non-hydrogen) atoms. The van der Waals surface area contributed by atoms with Crippen LogP contribution in [0.1, 0.15) is 31.2 Å². The fourth-order valence-corrected chi connectivity index (χ4v) is 4.13. The van der Waals surface area contributed by atoms with Crippen LogP contribution >= 0.6 is 0 Å². The lowest BCUT2D eigenvalue weighted by Gasteiger charge is -2.45. The molecule has 1 aromatic rings. The van der Waals surface area contributed by atoms with Gasteiger partial charge in [-0.3, -0.25) is 4.18 Å². The average Bonchev–Trinajstić information content (AvgIpc) is 2.41. The fourth-order valence-electron chi connectivity index (χ4n) is 2.91. The Morgan fingerprint density at radius 2 is 1.71 bits per heavy atom. The van der Waals surface area contributed by atoms with Crippen LogP contribution in [0, 0.1) is 6.92 Å². The Balaban J connectivity index is 1.91. The Bertz CT molecular complexity index is 683. The Hall–Kier alpha value is -1.24. The molecule has 1 fully saturated rings. The molecule has 0 spiro atoms. The van der Waals surface area contributed by atoms with Crippen molar-refractivity contribution in [1.82, 2.24) is 0 Å². The molecule has 3 aliphatic rings. The summed E-state index contributed by atoms with van der Waals surface area (Å²) < 4.78 is 43.9. The molecule has 0 heterocycles. The van der Waals surface area contributed by atoms with Crippen molar-refractivity contribution in [1.29, 1.82) is 0 Å². The van der Waals surface area contributed by atoms with Gasteiger partial charge in [0.25, 0.3) is 10.1 Å². The lowest BCUT2D eigenvalue weighted by atomic mass is 9.69. The molecular weight excluding hydrogens is 295 g/mol. The Kier molecular flexibility index (Phi) is 3.24. The number of aliphatic hydroxyl groups is 1.